The van der Waals surface area contributed by atoms with Crippen LogP contribution in [0.5, 0.6) is 5.75 Å². The minimum atomic E-state index is -0.597. The summed E-state index contributed by atoms with van der Waals surface area (Å²) in [6.07, 6.45) is 0.831. The van der Waals surface area contributed by atoms with Crippen molar-refractivity contribution in [3.63, 3.8) is 0 Å². The van der Waals surface area contributed by atoms with Gasteiger partial charge in [-0.2, -0.15) is 0 Å². The molecule has 0 bridgehead atoms. The van der Waals surface area contributed by atoms with E-state index in [0.29, 0.717) is 0 Å². The summed E-state index contributed by atoms with van der Waals surface area (Å²) in [6, 6.07) is 4.85. The molecule has 1 amide bonds. The molecule has 1 rings (SSSR count). The summed E-state index contributed by atoms with van der Waals surface area (Å²) in [5.74, 6) is -0.617. The first-order valence-corrected chi connectivity index (χ1v) is 6.38. The third-order valence-corrected chi connectivity index (χ3v) is 2.83. The number of carbonyl (C=O) groups is 2. The number of amides is 1. The maximum atomic E-state index is 11.6. The first-order chi connectivity index (χ1) is 9.49. The van der Waals surface area contributed by atoms with Gasteiger partial charge in [-0.1, -0.05) is 13.0 Å². The van der Waals surface area contributed by atoms with E-state index in [2.05, 4.69) is 10.1 Å². The van der Waals surface area contributed by atoms with Crippen LogP contribution in [0.25, 0.3) is 0 Å². The lowest BCUT2D eigenvalue weighted by Crippen LogP contribution is -2.35. The molecule has 0 aliphatic rings. The zero-order chi connectivity index (χ0) is 15.1. The summed E-state index contributed by atoms with van der Waals surface area (Å²) < 4.78 is 10.0. The summed E-state index contributed by atoms with van der Waals surface area (Å²) in [7, 11) is 1.26. The summed E-state index contributed by atoms with van der Waals surface area (Å²) in [5, 5.41) is 2.77. The number of hydrogen-bond acceptors (Lipinski definition) is 5. The Balaban J connectivity index is 2.76. The Morgan fingerprint density at radius 1 is 1.40 bits per heavy atom. The van der Waals surface area contributed by atoms with Gasteiger partial charge in [0.25, 0.3) is 5.91 Å². The molecule has 0 aliphatic heterocycles. The second kappa shape index (κ2) is 7.37. The van der Waals surface area contributed by atoms with Gasteiger partial charge in [-0.25, -0.2) is 4.79 Å². The summed E-state index contributed by atoms with van der Waals surface area (Å²) in [6.45, 7) is 3.69. The maximum absolute atomic E-state index is 11.6. The van der Waals surface area contributed by atoms with E-state index in [9.17, 15) is 9.59 Å². The number of methoxy groups -OCH3 is 1. The molecule has 1 atom stereocenters. The number of ether oxygens (including phenoxy) is 2. The van der Waals surface area contributed by atoms with Gasteiger partial charge in [0.1, 0.15) is 11.3 Å². The zero-order valence-electron chi connectivity index (χ0n) is 11.9. The molecule has 0 saturated carbocycles. The molecule has 0 radical (unpaired) electrons. The molecule has 0 saturated heterocycles. The van der Waals surface area contributed by atoms with Gasteiger partial charge in [0.15, 0.2) is 6.61 Å². The average Bonchev–Trinajstić information content (AvgIpc) is 2.44. The standard InChI is InChI=1S/C14H20N2O4/c1-4-9(2)16-12(17)8-20-11-7-5-6-10(15)13(11)14(18)19-3/h5-7,9H,4,8,15H2,1-3H3,(H,16,17). The Labute approximate surface area is 118 Å². The van der Waals surface area contributed by atoms with E-state index in [0.717, 1.165) is 6.42 Å². The Morgan fingerprint density at radius 3 is 2.70 bits per heavy atom. The number of hydrogen-bond donors (Lipinski definition) is 2. The number of anilines is 1. The highest BCUT2D eigenvalue weighted by Gasteiger charge is 2.17. The molecule has 0 aromatic heterocycles. The van der Waals surface area contributed by atoms with Crippen LogP contribution in [0.15, 0.2) is 18.2 Å². The Morgan fingerprint density at radius 2 is 2.10 bits per heavy atom. The van der Waals surface area contributed by atoms with E-state index in [-0.39, 0.29) is 35.6 Å². The fourth-order valence-electron chi connectivity index (χ4n) is 1.55. The van der Waals surface area contributed by atoms with Crippen LogP contribution in [0.2, 0.25) is 0 Å². The van der Waals surface area contributed by atoms with Crippen molar-refractivity contribution in [3.05, 3.63) is 23.8 Å². The summed E-state index contributed by atoms with van der Waals surface area (Å²) in [5.41, 5.74) is 6.10. The third-order valence-electron chi connectivity index (χ3n) is 2.83. The number of nitrogens with one attached hydrogen (secondary N) is 1. The predicted octanol–water partition coefficient (Wildman–Crippen LogP) is 1.35. The van der Waals surface area contributed by atoms with Gasteiger partial charge in [0.05, 0.1) is 7.11 Å². The molecule has 0 aliphatic carbocycles. The van der Waals surface area contributed by atoms with Crippen LogP contribution in [0.4, 0.5) is 5.69 Å². The predicted molar refractivity (Wildman–Crippen MR) is 75.6 cm³/mol. The van der Waals surface area contributed by atoms with Crippen molar-refractivity contribution in [3.8, 4) is 5.75 Å². The molecule has 0 fully saturated rings. The highest BCUT2D eigenvalue weighted by atomic mass is 16.5. The fraction of sp³-hybridized carbons (Fsp3) is 0.429. The van der Waals surface area contributed by atoms with Crippen molar-refractivity contribution >= 4 is 17.6 Å². The molecular weight excluding hydrogens is 260 g/mol. The molecule has 1 aromatic rings. The Bertz CT molecular complexity index is 488. The van der Waals surface area contributed by atoms with Crippen LogP contribution in [0.3, 0.4) is 0 Å². The van der Waals surface area contributed by atoms with Gasteiger partial charge in [-0.05, 0) is 25.5 Å². The number of nitrogen functional groups attached to an aromatic ring is 1. The van der Waals surface area contributed by atoms with Crippen LogP contribution < -0.4 is 15.8 Å². The maximum Gasteiger partial charge on any atom is 0.343 e. The van der Waals surface area contributed by atoms with Crippen LogP contribution in [-0.4, -0.2) is 31.6 Å². The minimum Gasteiger partial charge on any atom is -0.483 e. The van der Waals surface area contributed by atoms with Crippen LogP contribution in [0, 0.1) is 0 Å². The van der Waals surface area contributed by atoms with Gasteiger partial charge in [-0.15, -0.1) is 0 Å². The van der Waals surface area contributed by atoms with E-state index in [1.807, 2.05) is 13.8 Å². The summed E-state index contributed by atoms with van der Waals surface area (Å²) >= 11 is 0. The van der Waals surface area contributed by atoms with E-state index < -0.39 is 5.97 Å². The average molecular weight is 280 g/mol. The number of esters is 1. The molecule has 0 heterocycles. The lowest BCUT2D eigenvalue weighted by atomic mass is 10.1. The monoisotopic (exact) mass is 280 g/mol. The van der Waals surface area contributed by atoms with Gasteiger partial charge in [-0.3, -0.25) is 4.79 Å². The van der Waals surface area contributed by atoms with Gasteiger partial charge in [0.2, 0.25) is 0 Å². The molecule has 1 unspecified atom stereocenters. The van der Waals surface area contributed by atoms with E-state index in [1.165, 1.54) is 7.11 Å². The highest BCUT2D eigenvalue weighted by molar-refractivity contribution is 5.98. The van der Waals surface area contributed by atoms with Crippen LogP contribution in [-0.2, 0) is 9.53 Å². The van der Waals surface area contributed by atoms with Crippen molar-refractivity contribution in [2.45, 2.75) is 26.3 Å². The number of rotatable bonds is 6. The van der Waals surface area contributed by atoms with E-state index >= 15 is 0 Å². The number of nitrogens with two attached hydrogens (primary N) is 1. The second-order valence-electron chi connectivity index (χ2n) is 4.38. The van der Waals surface area contributed by atoms with E-state index in [1.54, 1.807) is 18.2 Å². The van der Waals surface area contributed by atoms with Crippen LogP contribution in [0.1, 0.15) is 30.6 Å². The van der Waals surface area contributed by atoms with Crippen molar-refractivity contribution < 1.29 is 19.1 Å². The zero-order valence-corrected chi connectivity index (χ0v) is 11.9. The molecule has 3 N–H and O–H groups in total. The van der Waals surface area contributed by atoms with Gasteiger partial charge < -0.3 is 20.5 Å². The molecule has 6 nitrogen and oxygen atoms in total. The van der Waals surface area contributed by atoms with Crippen molar-refractivity contribution in [2.75, 3.05) is 19.5 Å². The van der Waals surface area contributed by atoms with Crippen molar-refractivity contribution in [1.29, 1.82) is 0 Å². The molecule has 110 valence electrons. The molecule has 6 heteroatoms. The fourth-order valence-corrected chi connectivity index (χ4v) is 1.55. The molecule has 1 aromatic carbocycles. The largest absolute Gasteiger partial charge is 0.483 e. The number of benzene rings is 1. The first-order valence-electron chi connectivity index (χ1n) is 6.38. The van der Waals surface area contributed by atoms with Crippen molar-refractivity contribution in [1.82, 2.24) is 5.32 Å². The van der Waals surface area contributed by atoms with Gasteiger partial charge in [0, 0.05) is 11.7 Å². The number of carbonyl (C=O) groups excluding carboxylic acids is 2. The Kier molecular flexibility index (Phi) is 5.83. The van der Waals surface area contributed by atoms with Crippen LogP contribution >= 0.6 is 0 Å². The normalized spacial score (nSPS) is 11.6. The lowest BCUT2D eigenvalue weighted by Gasteiger charge is -2.14. The molecule has 20 heavy (non-hydrogen) atoms. The third kappa shape index (κ3) is 4.15. The second-order valence-corrected chi connectivity index (χ2v) is 4.38. The first kappa shape index (κ1) is 15.8. The molecular formula is C14H20N2O4. The van der Waals surface area contributed by atoms with Crippen molar-refractivity contribution in [2.24, 2.45) is 0 Å². The smallest absolute Gasteiger partial charge is 0.343 e. The SMILES string of the molecule is CCC(C)NC(=O)COc1cccc(N)c1C(=O)OC. The van der Waals surface area contributed by atoms with E-state index in [4.69, 9.17) is 10.5 Å². The molecule has 0 spiro atoms. The topological polar surface area (TPSA) is 90.6 Å². The van der Waals surface area contributed by atoms with Gasteiger partial charge >= 0.3 is 5.97 Å². The highest BCUT2D eigenvalue weighted by Crippen LogP contribution is 2.25. The lowest BCUT2D eigenvalue weighted by molar-refractivity contribution is -0.123. The Hall–Kier alpha value is -2.24. The summed E-state index contributed by atoms with van der Waals surface area (Å²) in [4.78, 5) is 23.3. The minimum absolute atomic E-state index is 0.0759. The quantitative estimate of drug-likeness (QED) is 0.606.